The summed E-state index contributed by atoms with van der Waals surface area (Å²) in [4.78, 5) is 15.4. The zero-order valence-electron chi connectivity index (χ0n) is 15.3. The first-order valence-electron chi connectivity index (χ1n) is 9.77. The lowest BCUT2D eigenvalue weighted by Crippen LogP contribution is -2.50. The number of hydrogen-bond donors (Lipinski definition) is 0. The molecule has 5 rings (SSSR count). The van der Waals surface area contributed by atoms with Gasteiger partial charge in [0, 0.05) is 48.2 Å². The number of anilines is 1. The summed E-state index contributed by atoms with van der Waals surface area (Å²) in [6, 6.07) is 8.87. The molecule has 1 aliphatic carbocycles. The Balaban J connectivity index is 1.45. The molecule has 1 aromatic carbocycles. The van der Waals surface area contributed by atoms with Gasteiger partial charge in [-0.05, 0) is 30.5 Å². The number of nitrogens with zero attached hydrogens (tertiary/aromatic N) is 4. The minimum absolute atomic E-state index is 0.762. The number of fused-ring (bicyclic) bond motifs is 1. The summed E-state index contributed by atoms with van der Waals surface area (Å²) in [6.07, 6.45) is 7.27. The third kappa shape index (κ3) is 3.33. The molecule has 0 atom stereocenters. The van der Waals surface area contributed by atoms with Gasteiger partial charge >= 0.3 is 0 Å². The van der Waals surface area contributed by atoms with Crippen LogP contribution < -0.4 is 4.90 Å². The van der Waals surface area contributed by atoms with Crippen LogP contribution in [0.2, 0.25) is 5.02 Å². The number of aromatic nitrogens is 2. The molecule has 1 saturated carbocycles. The van der Waals surface area contributed by atoms with Crippen LogP contribution in [0, 0.1) is 0 Å². The molecule has 0 bridgehead atoms. The molecule has 2 fully saturated rings. The maximum absolute atomic E-state index is 6.08. The van der Waals surface area contributed by atoms with Crippen molar-refractivity contribution >= 4 is 39.0 Å². The molecular weight excluding hydrogens is 376 g/mol. The lowest BCUT2D eigenvalue weighted by molar-refractivity contribution is 0.187. The minimum Gasteiger partial charge on any atom is -0.353 e. The molecule has 2 aromatic heterocycles. The SMILES string of the molecule is Clc1ccc(-c2csc3ncnc(N4CCN(C5CCCC5)CC4)c23)cc1. The first-order valence-corrected chi connectivity index (χ1v) is 11.0. The highest BCUT2D eigenvalue weighted by molar-refractivity contribution is 7.17. The van der Waals surface area contributed by atoms with Crippen molar-refractivity contribution in [3.8, 4) is 11.1 Å². The van der Waals surface area contributed by atoms with Crippen molar-refractivity contribution in [3.05, 3.63) is 41.0 Å². The Morgan fingerprint density at radius 3 is 2.44 bits per heavy atom. The molecule has 2 aliphatic rings. The van der Waals surface area contributed by atoms with Gasteiger partial charge in [-0.3, -0.25) is 4.90 Å². The van der Waals surface area contributed by atoms with Gasteiger partial charge < -0.3 is 4.90 Å². The van der Waals surface area contributed by atoms with Gasteiger partial charge in [0.2, 0.25) is 0 Å². The summed E-state index contributed by atoms with van der Waals surface area (Å²) >= 11 is 7.77. The van der Waals surface area contributed by atoms with Crippen molar-refractivity contribution in [1.82, 2.24) is 14.9 Å². The number of hydrogen-bond acceptors (Lipinski definition) is 5. The second-order valence-corrected chi connectivity index (χ2v) is 8.79. The van der Waals surface area contributed by atoms with E-state index in [1.807, 2.05) is 12.1 Å². The predicted molar refractivity (Wildman–Crippen MR) is 114 cm³/mol. The van der Waals surface area contributed by atoms with Crippen molar-refractivity contribution < 1.29 is 0 Å². The van der Waals surface area contributed by atoms with Crippen molar-refractivity contribution in [2.45, 2.75) is 31.7 Å². The molecule has 27 heavy (non-hydrogen) atoms. The second kappa shape index (κ2) is 7.38. The van der Waals surface area contributed by atoms with Crippen LogP contribution in [0.25, 0.3) is 21.3 Å². The monoisotopic (exact) mass is 398 g/mol. The van der Waals surface area contributed by atoms with Crippen LogP contribution in [0.5, 0.6) is 0 Å². The first-order chi connectivity index (χ1) is 13.3. The van der Waals surface area contributed by atoms with E-state index < -0.39 is 0 Å². The average molecular weight is 399 g/mol. The molecule has 1 aliphatic heterocycles. The van der Waals surface area contributed by atoms with Gasteiger partial charge in [-0.1, -0.05) is 36.6 Å². The molecule has 0 radical (unpaired) electrons. The molecule has 1 saturated heterocycles. The fourth-order valence-electron chi connectivity index (χ4n) is 4.51. The molecule has 0 N–H and O–H groups in total. The van der Waals surface area contributed by atoms with Gasteiger partial charge in [-0.15, -0.1) is 11.3 Å². The molecule has 0 unspecified atom stereocenters. The molecular formula is C21H23ClN4S. The summed E-state index contributed by atoms with van der Waals surface area (Å²) in [5, 5.41) is 4.14. The fourth-order valence-corrected chi connectivity index (χ4v) is 5.55. The van der Waals surface area contributed by atoms with Crippen LogP contribution in [0.3, 0.4) is 0 Å². The van der Waals surface area contributed by atoms with Gasteiger partial charge in [-0.2, -0.15) is 0 Å². The molecule has 4 nitrogen and oxygen atoms in total. The summed E-state index contributed by atoms with van der Waals surface area (Å²) in [7, 11) is 0. The fraction of sp³-hybridized carbons (Fsp3) is 0.429. The number of halogens is 1. The number of benzene rings is 1. The van der Waals surface area contributed by atoms with E-state index in [1.165, 1.54) is 42.2 Å². The Bertz CT molecular complexity index is 925. The minimum atomic E-state index is 0.762. The normalized spacial score (nSPS) is 19.2. The zero-order chi connectivity index (χ0) is 18.2. The lowest BCUT2D eigenvalue weighted by Gasteiger charge is -2.38. The van der Waals surface area contributed by atoms with Crippen LogP contribution in [-0.4, -0.2) is 47.1 Å². The van der Waals surface area contributed by atoms with Gasteiger partial charge in [-0.25, -0.2) is 9.97 Å². The lowest BCUT2D eigenvalue weighted by atomic mass is 10.1. The Labute approximate surface area is 168 Å². The standard InChI is InChI=1S/C21H23ClN4S/c22-16-7-5-15(6-8-16)18-13-27-21-19(18)20(23-14-24-21)26-11-9-25(10-12-26)17-3-1-2-4-17/h5-8,13-14,17H,1-4,9-12H2. The van der Waals surface area contributed by atoms with Crippen LogP contribution >= 0.6 is 22.9 Å². The van der Waals surface area contributed by atoms with E-state index in [4.69, 9.17) is 16.6 Å². The maximum atomic E-state index is 6.08. The predicted octanol–water partition coefficient (Wildman–Crippen LogP) is 5.08. The Morgan fingerprint density at radius 2 is 1.70 bits per heavy atom. The van der Waals surface area contributed by atoms with E-state index >= 15 is 0 Å². The van der Waals surface area contributed by atoms with E-state index in [9.17, 15) is 0 Å². The molecule has 3 heterocycles. The van der Waals surface area contributed by atoms with Crippen molar-refractivity contribution in [1.29, 1.82) is 0 Å². The van der Waals surface area contributed by atoms with E-state index in [-0.39, 0.29) is 0 Å². The Kier molecular flexibility index (Phi) is 4.76. The van der Waals surface area contributed by atoms with Gasteiger partial charge in [0.05, 0.1) is 5.39 Å². The molecule has 0 amide bonds. The van der Waals surface area contributed by atoms with E-state index in [0.717, 1.165) is 47.9 Å². The highest BCUT2D eigenvalue weighted by Gasteiger charge is 2.27. The molecule has 0 spiro atoms. The Morgan fingerprint density at radius 1 is 0.963 bits per heavy atom. The Hall–Kier alpha value is -1.69. The third-order valence-electron chi connectivity index (χ3n) is 5.96. The quantitative estimate of drug-likeness (QED) is 0.616. The summed E-state index contributed by atoms with van der Waals surface area (Å²) in [5.41, 5.74) is 2.38. The molecule has 6 heteroatoms. The van der Waals surface area contributed by atoms with Crippen molar-refractivity contribution in [2.24, 2.45) is 0 Å². The summed E-state index contributed by atoms with van der Waals surface area (Å²) < 4.78 is 0. The van der Waals surface area contributed by atoms with Crippen molar-refractivity contribution in [3.63, 3.8) is 0 Å². The molecule has 3 aromatic rings. The summed E-state index contributed by atoms with van der Waals surface area (Å²) in [6.45, 7) is 4.35. The first kappa shape index (κ1) is 17.4. The number of rotatable bonds is 3. The van der Waals surface area contributed by atoms with Gasteiger partial charge in [0.25, 0.3) is 0 Å². The maximum Gasteiger partial charge on any atom is 0.141 e. The van der Waals surface area contributed by atoms with Crippen LogP contribution in [0.1, 0.15) is 25.7 Å². The largest absolute Gasteiger partial charge is 0.353 e. The highest BCUT2D eigenvalue weighted by atomic mass is 35.5. The summed E-state index contributed by atoms with van der Waals surface area (Å²) in [5.74, 6) is 1.08. The third-order valence-corrected chi connectivity index (χ3v) is 7.10. The van der Waals surface area contributed by atoms with Crippen LogP contribution in [0.4, 0.5) is 5.82 Å². The number of thiophene rings is 1. The number of piperazine rings is 1. The van der Waals surface area contributed by atoms with Gasteiger partial charge in [0.15, 0.2) is 0 Å². The smallest absolute Gasteiger partial charge is 0.141 e. The topological polar surface area (TPSA) is 32.3 Å². The zero-order valence-corrected chi connectivity index (χ0v) is 16.8. The van der Waals surface area contributed by atoms with Crippen molar-refractivity contribution in [2.75, 3.05) is 31.1 Å². The van der Waals surface area contributed by atoms with Gasteiger partial charge in [0.1, 0.15) is 17.0 Å². The molecule has 140 valence electrons. The van der Waals surface area contributed by atoms with E-state index in [0.29, 0.717) is 0 Å². The van der Waals surface area contributed by atoms with E-state index in [2.05, 4.69) is 32.3 Å². The van der Waals surface area contributed by atoms with Crippen LogP contribution in [-0.2, 0) is 0 Å². The van der Waals surface area contributed by atoms with Crippen LogP contribution in [0.15, 0.2) is 36.0 Å². The van der Waals surface area contributed by atoms with E-state index in [1.54, 1.807) is 17.7 Å². The average Bonchev–Trinajstić information content (AvgIpc) is 3.39. The highest BCUT2D eigenvalue weighted by Crippen LogP contribution is 2.38. The second-order valence-electron chi connectivity index (χ2n) is 7.49.